The van der Waals surface area contributed by atoms with Crippen molar-refractivity contribution in [2.24, 2.45) is 12.5 Å². The normalized spacial score (nSPS) is 14.9. The molecule has 0 N–H and O–H groups in total. The van der Waals surface area contributed by atoms with Crippen LogP contribution in [0.3, 0.4) is 0 Å². The van der Waals surface area contributed by atoms with Gasteiger partial charge in [-0.1, -0.05) is 57.2 Å². The molecule has 0 saturated carbocycles. The molecule has 6 rings (SSSR count). The zero-order valence-corrected chi connectivity index (χ0v) is 23.6. The summed E-state index contributed by atoms with van der Waals surface area (Å²) in [5.41, 5.74) is 8.82. The Morgan fingerprint density at radius 2 is 1.54 bits per heavy atom. The lowest BCUT2D eigenvalue weighted by atomic mass is 9.87. The molecular formula is C35H37FNO2+. The Morgan fingerprint density at radius 1 is 0.872 bits per heavy atom. The van der Waals surface area contributed by atoms with Crippen LogP contribution in [0, 0.1) is 18.2 Å². The van der Waals surface area contributed by atoms with Gasteiger partial charge in [-0.2, -0.15) is 0 Å². The quantitative estimate of drug-likeness (QED) is 0.221. The second kappa shape index (κ2) is 9.91. The Bertz CT molecular complexity index is 1670. The summed E-state index contributed by atoms with van der Waals surface area (Å²) in [7, 11) is 2.07. The predicted octanol–water partition coefficient (Wildman–Crippen LogP) is 8.67. The fraction of sp³-hybridized carbons (Fsp3) is 0.343. The van der Waals surface area contributed by atoms with Gasteiger partial charge in [-0.15, -0.1) is 0 Å². The summed E-state index contributed by atoms with van der Waals surface area (Å²) in [4.78, 5) is 0. The second-order valence-corrected chi connectivity index (χ2v) is 12.3. The lowest BCUT2D eigenvalue weighted by molar-refractivity contribution is -0.660. The van der Waals surface area contributed by atoms with Crippen LogP contribution in [-0.2, 0) is 18.2 Å². The second-order valence-electron chi connectivity index (χ2n) is 12.3. The number of hydrogen-bond acceptors (Lipinski definition) is 2. The van der Waals surface area contributed by atoms with Gasteiger partial charge in [0.15, 0.2) is 6.20 Å². The van der Waals surface area contributed by atoms with Crippen molar-refractivity contribution in [2.45, 2.75) is 52.9 Å². The number of halogens is 1. The number of rotatable bonds is 4. The molecular weight excluding hydrogens is 485 g/mol. The standard InChI is InChI=1S/C35H37FNO2/c1-22-6-11-27-28-12-13-29(36)32(26-9-7-24(8-10-26)25-15-18-38-19-16-25)34(28)39-33(27)31(22)30-20-23(14-17-37(30)5)21-35(2,3)4/h6-14,17,20,25H,15-16,18-19,21H2,1-5H3/q+1. The lowest BCUT2D eigenvalue weighted by Crippen LogP contribution is -2.31. The summed E-state index contributed by atoms with van der Waals surface area (Å²) in [5.74, 6) is 0.233. The Labute approximate surface area is 230 Å². The molecule has 5 aromatic rings. The van der Waals surface area contributed by atoms with Crippen LogP contribution in [-0.4, -0.2) is 13.2 Å². The molecule has 0 bridgehead atoms. The molecule has 0 radical (unpaired) electrons. The van der Waals surface area contributed by atoms with E-state index in [1.54, 1.807) is 6.07 Å². The number of aryl methyl sites for hydroxylation is 2. The van der Waals surface area contributed by atoms with Crippen LogP contribution >= 0.6 is 0 Å². The first kappa shape index (κ1) is 25.8. The van der Waals surface area contributed by atoms with Gasteiger partial charge in [0.1, 0.15) is 24.0 Å². The summed E-state index contributed by atoms with van der Waals surface area (Å²) in [6.45, 7) is 10.5. The Hall–Kier alpha value is -3.50. The van der Waals surface area contributed by atoms with E-state index in [0.29, 0.717) is 17.1 Å². The SMILES string of the molecule is Cc1ccc2c(oc3c(-c4ccc(C5CCOCC5)cc4)c(F)ccc32)c1-c1cc(CC(C)(C)C)cc[n+]1C. The van der Waals surface area contributed by atoms with Crippen molar-refractivity contribution in [3.63, 3.8) is 0 Å². The third kappa shape index (κ3) is 4.87. The third-order valence-electron chi connectivity index (χ3n) is 8.06. The Morgan fingerprint density at radius 3 is 2.23 bits per heavy atom. The topological polar surface area (TPSA) is 26.2 Å². The summed E-state index contributed by atoms with van der Waals surface area (Å²) < 4.78 is 29.8. The van der Waals surface area contributed by atoms with E-state index in [0.717, 1.165) is 71.2 Å². The molecule has 2 aromatic heterocycles. The highest BCUT2D eigenvalue weighted by molar-refractivity contribution is 6.13. The van der Waals surface area contributed by atoms with Crippen molar-refractivity contribution in [1.82, 2.24) is 0 Å². The molecule has 1 aliphatic heterocycles. The van der Waals surface area contributed by atoms with Crippen molar-refractivity contribution < 1.29 is 18.1 Å². The molecule has 3 nitrogen and oxygen atoms in total. The first-order chi connectivity index (χ1) is 18.7. The molecule has 1 saturated heterocycles. The number of ether oxygens (including phenoxy) is 1. The highest BCUT2D eigenvalue weighted by Crippen LogP contribution is 2.42. The minimum absolute atomic E-state index is 0.185. The van der Waals surface area contributed by atoms with E-state index in [2.05, 4.69) is 81.9 Å². The minimum Gasteiger partial charge on any atom is -0.454 e. The zero-order valence-electron chi connectivity index (χ0n) is 23.6. The van der Waals surface area contributed by atoms with Crippen LogP contribution < -0.4 is 4.57 Å². The van der Waals surface area contributed by atoms with Crippen LogP contribution in [0.4, 0.5) is 4.39 Å². The monoisotopic (exact) mass is 522 g/mol. The van der Waals surface area contributed by atoms with Crippen LogP contribution in [0.1, 0.15) is 56.2 Å². The summed E-state index contributed by atoms with van der Waals surface area (Å²) in [6.07, 6.45) is 5.17. The summed E-state index contributed by atoms with van der Waals surface area (Å²) in [6, 6.07) is 20.5. The lowest BCUT2D eigenvalue weighted by Gasteiger charge is -2.22. The molecule has 3 aromatic carbocycles. The largest absolute Gasteiger partial charge is 0.454 e. The fourth-order valence-electron chi connectivity index (χ4n) is 6.10. The molecule has 39 heavy (non-hydrogen) atoms. The molecule has 200 valence electrons. The maximum atomic E-state index is 15.5. The molecule has 1 aliphatic rings. The number of fused-ring (bicyclic) bond motifs is 3. The number of hydrogen-bond donors (Lipinski definition) is 0. The number of furan rings is 1. The molecule has 1 fully saturated rings. The maximum absolute atomic E-state index is 15.5. The van der Waals surface area contributed by atoms with E-state index >= 15 is 4.39 Å². The van der Waals surface area contributed by atoms with E-state index in [1.165, 1.54) is 11.1 Å². The van der Waals surface area contributed by atoms with E-state index in [1.807, 2.05) is 18.2 Å². The van der Waals surface area contributed by atoms with Gasteiger partial charge in [0.25, 0.3) is 0 Å². The number of nitrogens with zero attached hydrogens (tertiary/aromatic N) is 1. The van der Waals surface area contributed by atoms with E-state index in [9.17, 15) is 0 Å². The van der Waals surface area contributed by atoms with Gasteiger partial charge >= 0.3 is 0 Å². The van der Waals surface area contributed by atoms with E-state index in [-0.39, 0.29) is 11.2 Å². The fourth-order valence-corrected chi connectivity index (χ4v) is 6.10. The van der Waals surface area contributed by atoms with Gasteiger partial charge in [-0.3, -0.25) is 0 Å². The summed E-state index contributed by atoms with van der Waals surface area (Å²) in [5, 5.41) is 1.94. The molecule has 4 heteroatoms. The van der Waals surface area contributed by atoms with Crippen LogP contribution in [0.15, 0.2) is 71.3 Å². The van der Waals surface area contributed by atoms with Crippen molar-refractivity contribution >= 4 is 21.9 Å². The average Bonchev–Trinajstić information content (AvgIpc) is 3.28. The van der Waals surface area contributed by atoms with Gasteiger partial charge in [0.2, 0.25) is 5.69 Å². The molecule has 3 heterocycles. The number of aromatic nitrogens is 1. The number of benzene rings is 3. The highest BCUT2D eigenvalue weighted by Gasteiger charge is 2.25. The van der Waals surface area contributed by atoms with Gasteiger partial charge in [-0.25, -0.2) is 8.96 Å². The number of pyridine rings is 1. The first-order valence-electron chi connectivity index (χ1n) is 14.0. The van der Waals surface area contributed by atoms with Crippen molar-refractivity contribution in [3.05, 3.63) is 89.4 Å². The van der Waals surface area contributed by atoms with Crippen molar-refractivity contribution in [3.8, 4) is 22.4 Å². The van der Waals surface area contributed by atoms with Gasteiger partial charge in [0.05, 0.1) is 11.1 Å². The van der Waals surface area contributed by atoms with E-state index in [4.69, 9.17) is 9.15 Å². The van der Waals surface area contributed by atoms with E-state index < -0.39 is 0 Å². The van der Waals surface area contributed by atoms with Crippen LogP contribution in [0.2, 0.25) is 0 Å². The van der Waals surface area contributed by atoms with Crippen molar-refractivity contribution in [2.75, 3.05) is 13.2 Å². The zero-order chi connectivity index (χ0) is 27.3. The summed E-state index contributed by atoms with van der Waals surface area (Å²) >= 11 is 0. The average molecular weight is 523 g/mol. The maximum Gasteiger partial charge on any atom is 0.216 e. The first-order valence-corrected chi connectivity index (χ1v) is 14.0. The molecule has 0 atom stereocenters. The molecule has 0 unspecified atom stereocenters. The smallest absolute Gasteiger partial charge is 0.216 e. The minimum atomic E-state index is -0.267. The Balaban J connectivity index is 1.51. The van der Waals surface area contributed by atoms with Gasteiger partial charge in [-0.05, 0) is 71.9 Å². The molecule has 0 spiro atoms. The Kier molecular flexibility index (Phi) is 6.55. The molecule has 0 aliphatic carbocycles. The van der Waals surface area contributed by atoms with Crippen LogP contribution in [0.25, 0.3) is 44.3 Å². The van der Waals surface area contributed by atoms with Gasteiger partial charge < -0.3 is 9.15 Å². The van der Waals surface area contributed by atoms with Gasteiger partial charge in [0, 0.05) is 36.1 Å². The molecule has 0 amide bonds. The highest BCUT2D eigenvalue weighted by atomic mass is 19.1. The van der Waals surface area contributed by atoms with Crippen molar-refractivity contribution in [1.29, 1.82) is 0 Å². The predicted molar refractivity (Wildman–Crippen MR) is 156 cm³/mol. The third-order valence-corrected chi connectivity index (χ3v) is 8.06. The van der Waals surface area contributed by atoms with Crippen LogP contribution in [0.5, 0.6) is 0 Å².